The normalized spacial score (nSPS) is 12.3. The molecule has 32 nitrogen and oxygen atoms in total. The van der Waals surface area contributed by atoms with E-state index in [4.69, 9.17) is 74.8 Å². The minimum Gasteiger partial charge on any atom is -0.481 e. The van der Waals surface area contributed by atoms with Gasteiger partial charge in [-0.2, -0.15) is 0 Å². The highest BCUT2D eigenvalue weighted by Gasteiger charge is 2.29. The molecule has 4 unspecified atom stereocenters. The molecule has 10 N–H and O–H groups in total. The van der Waals surface area contributed by atoms with Crippen molar-refractivity contribution in [3.63, 3.8) is 0 Å². The zero-order valence-corrected chi connectivity index (χ0v) is 60.5. The van der Waals surface area contributed by atoms with E-state index < -0.39 is 60.8 Å². The van der Waals surface area contributed by atoms with E-state index in [1.54, 1.807) is 24.8 Å². The second kappa shape index (κ2) is 49.1. The van der Waals surface area contributed by atoms with Crippen LogP contribution < -0.4 is 42.5 Å². The highest BCUT2D eigenvalue weighted by atomic mass is 35.5. The molecule has 36 heteroatoms. The Balaban J connectivity index is 0.751. The Morgan fingerprint density at radius 3 is 1.14 bits per heavy atom. The second-order valence-corrected chi connectivity index (χ2v) is 25.1. The first-order chi connectivity index (χ1) is 50.3. The van der Waals surface area contributed by atoms with Crippen molar-refractivity contribution in [3.8, 4) is 0 Å². The van der Waals surface area contributed by atoms with Crippen LogP contribution in [-0.2, 0) is 92.7 Å². The lowest BCUT2D eigenvalue weighted by atomic mass is 10.0. The van der Waals surface area contributed by atoms with Crippen molar-refractivity contribution in [1.29, 1.82) is 0 Å². The van der Waals surface area contributed by atoms with Gasteiger partial charge < -0.3 is 81.2 Å². The predicted octanol–water partition coefficient (Wildman–Crippen LogP) is 5.37. The quantitative estimate of drug-likeness (QED) is 0.0215. The van der Waals surface area contributed by atoms with E-state index >= 15 is 0 Å². The number of hydrogen-bond donors (Lipinski definition) is 10. The minimum absolute atomic E-state index is 0.00417. The van der Waals surface area contributed by atoms with E-state index in [1.807, 2.05) is 36.4 Å². The van der Waals surface area contributed by atoms with Gasteiger partial charge in [-0.05, 0) is 97.5 Å². The molecule has 0 aliphatic heterocycles. The number of pyridine rings is 2. The molecule has 0 fully saturated rings. The molecule has 4 atom stereocenters. The topological polar surface area (TPSA) is 416 Å². The van der Waals surface area contributed by atoms with Crippen molar-refractivity contribution in [3.05, 3.63) is 140 Å². The van der Waals surface area contributed by atoms with Crippen LogP contribution in [0.2, 0.25) is 20.1 Å². The molecule has 566 valence electrons. The monoisotopic (exact) mass is 1530 g/mol. The number of rotatable bonds is 55. The standard InChI is InChI=1S/C68H90Cl4N16O16/c69-49-35-47(36-50(70)39-49)55(43-65(93)94)81-67(97)57(79-63(91)11-3-7-17-75-59-9-1-5-15-73-59)41-53-45-87(85-83-53)21-25-101-29-33-103-31-27-99-23-19-77-61(89)13-14-62(90)78-20-24-100-28-32-104-34-30-102-26-22-88-46-54(84-86-88)42-58(80-64(92)12-4-8-18-76-60-10-2-6-16-74-60)68(98)82-56(44-66(95)96)48-37-51(71)40-52(72)38-48/h1-2,5-6,9-10,15-16,35-40,45-46,55-58H,3-4,7-8,11-14,17-34,41-44H2,(H,73,75)(H,74,76)(H,77,89)(H,78,90)(H,79,91)(H,80,92)(H,81,97)(H,82,98)(H,93,94)(H,95,96). The molecule has 0 saturated heterocycles. The number of aliphatic carboxylic acids is 2. The summed E-state index contributed by atoms with van der Waals surface area (Å²) in [7, 11) is 0. The lowest BCUT2D eigenvalue weighted by Gasteiger charge is -2.23. The number of carboxylic acids is 2. The Hall–Kier alpha value is -8.70. The first-order valence-electron chi connectivity index (χ1n) is 34.0. The molecule has 4 aromatic heterocycles. The molecule has 6 aromatic rings. The number of carbonyl (C=O) groups is 8. The average molecular weight is 1530 g/mol. The number of halogens is 4. The van der Waals surface area contributed by atoms with Crippen molar-refractivity contribution < 1.29 is 77.0 Å². The Labute approximate surface area is 621 Å². The molecule has 6 rings (SSSR count). The third-order valence-electron chi connectivity index (χ3n) is 15.0. The van der Waals surface area contributed by atoms with Gasteiger partial charge >= 0.3 is 11.9 Å². The van der Waals surface area contributed by atoms with Crippen LogP contribution in [0.4, 0.5) is 11.6 Å². The molecule has 2 aromatic carbocycles. The molecular formula is C68H90Cl4N16O16. The molecule has 0 saturated carbocycles. The summed E-state index contributed by atoms with van der Waals surface area (Å²) in [6.45, 7) is 5.55. The van der Waals surface area contributed by atoms with Gasteiger partial charge in [0.15, 0.2) is 0 Å². The molecule has 0 aliphatic rings. The zero-order valence-electron chi connectivity index (χ0n) is 57.5. The SMILES string of the molecule is O=C(O)CC(NC(=O)C(Cc1cn(CCOCCOCCOCCNC(=O)CCC(=O)NCCOCCOCCOCCn2cc(CC(NC(=O)CCCCNc3ccccn3)C(=O)NC(CC(=O)O)c3cc(Cl)cc(Cl)c3)nn2)nn1)NC(=O)CCCCNc1ccccn1)c1cc(Cl)cc(Cl)c1. The molecular weight excluding hydrogens is 1440 g/mol. The van der Waals surface area contributed by atoms with Gasteiger partial charge in [0, 0.05) is 110 Å². The average Bonchev–Trinajstić information content (AvgIpc) is 0.877. The summed E-state index contributed by atoms with van der Waals surface area (Å²) in [6.07, 6.45) is 8.16. The Morgan fingerprint density at radius 2 is 0.788 bits per heavy atom. The highest BCUT2D eigenvalue weighted by Crippen LogP contribution is 2.28. The van der Waals surface area contributed by atoms with E-state index in [2.05, 4.69) is 73.1 Å². The number of carboxylic acid groups (broad SMARTS) is 2. The van der Waals surface area contributed by atoms with E-state index in [9.17, 15) is 48.6 Å². The van der Waals surface area contributed by atoms with Crippen molar-refractivity contribution in [2.45, 2.75) is 114 Å². The fourth-order valence-corrected chi connectivity index (χ4v) is 11.0. The fraction of sp³-hybridized carbons (Fsp3) is 0.500. The van der Waals surface area contributed by atoms with Gasteiger partial charge in [0.25, 0.3) is 0 Å². The number of nitrogens with zero attached hydrogens (tertiary/aromatic N) is 8. The largest absolute Gasteiger partial charge is 0.481 e. The third-order valence-corrected chi connectivity index (χ3v) is 15.9. The summed E-state index contributed by atoms with van der Waals surface area (Å²) >= 11 is 24.8. The second-order valence-electron chi connectivity index (χ2n) is 23.4. The van der Waals surface area contributed by atoms with Crippen molar-refractivity contribution in [2.75, 3.05) is 116 Å². The molecule has 0 spiro atoms. The smallest absolute Gasteiger partial charge is 0.305 e. The Morgan fingerprint density at radius 1 is 0.423 bits per heavy atom. The lowest BCUT2D eigenvalue weighted by molar-refractivity contribution is -0.139. The number of anilines is 2. The van der Waals surface area contributed by atoms with E-state index in [0.717, 1.165) is 11.6 Å². The highest BCUT2D eigenvalue weighted by molar-refractivity contribution is 6.35. The van der Waals surface area contributed by atoms with Crippen molar-refractivity contribution in [1.82, 2.24) is 71.9 Å². The molecule has 104 heavy (non-hydrogen) atoms. The number of unbranched alkanes of at least 4 members (excludes halogenated alkanes) is 2. The summed E-state index contributed by atoms with van der Waals surface area (Å²) in [4.78, 5) is 111. The number of ether oxygens (including phenoxy) is 6. The maximum absolute atomic E-state index is 13.8. The van der Waals surface area contributed by atoms with Crippen LogP contribution in [0.15, 0.2) is 97.6 Å². The van der Waals surface area contributed by atoms with Gasteiger partial charge in [0.05, 0.1) is 129 Å². The third kappa shape index (κ3) is 36.1. The van der Waals surface area contributed by atoms with Crippen LogP contribution in [0, 0.1) is 0 Å². The Bertz CT molecular complexity index is 3320. The van der Waals surface area contributed by atoms with Crippen LogP contribution >= 0.6 is 46.4 Å². The number of amides is 6. The van der Waals surface area contributed by atoms with Crippen LogP contribution in [0.1, 0.15) is 98.8 Å². The Kier molecular flexibility index (Phi) is 39.8. The molecule has 4 heterocycles. The maximum atomic E-state index is 13.8. The lowest BCUT2D eigenvalue weighted by Crippen LogP contribution is -2.49. The summed E-state index contributed by atoms with van der Waals surface area (Å²) in [6, 6.07) is 15.8. The van der Waals surface area contributed by atoms with E-state index in [0.29, 0.717) is 74.4 Å². The van der Waals surface area contributed by atoms with Gasteiger partial charge in [-0.15, -0.1) is 10.2 Å². The number of nitrogens with one attached hydrogen (secondary N) is 8. The number of benzene rings is 2. The van der Waals surface area contributed by atoms with Gasteiger partial charge in [0.2, 0.25) is 35.4 Å². The van der Waals surface area contributed by atoms with Gasteiger partial charge in [-0.3, -0.25) is 38.4 Å². The van der Waals surface area contributed by atoms with E-state index in [1.165, 1.54) is 45.8 Å². The molecule has 6 amide bonds. The van der Waals surface area contributed by atoms with Crippen molar-refractivity contribution >= 4 is 105 Å². The van der Waals surface area contributed by atoms with Crippen LogP contribution in [-0.4, -0.2) is 215 Å². The van der Waals surface area contributed by atoms with Gasteiger partial charge in [0.1, 0.15) is 23.7 Å². The zero-order chi connectivity index (χ0) is 74.5. The summed E-state index contributed by atoms with van der Waals surface area (Å²) in [5.41, 5.74) is 1.54. The van der Waals surface area contributed by atoms with Crippen LogP contribution in [0.25, 0.3) is 0 Å². The summed E-state index contributed by atoms with van der Waals surface area (Å²) in [5.74, 6) is -3.56. The molecule has 0 aliphatic carbocycles. The number of hydrogen-bond acceptors (Lipinski definition) is 22. The molecule has 0 radical (unpaired) electrons. The summed E-state index contributed by atoms with van der Waals surface area (Å²) in [5, 5.41) is 60.0. The number of carbonyl (C=O) groups excluding carboxylic acids is 6. The number of aromatic nitrogens is 8. The van der Waals surface area contributed by atoms with Gasteiger partial charge in [-0.1, -0.05) is 69.0 Å². The minimum atomic E-state index is -1.18. The van der Waals surface area contributed by atoms with E-state index in [-0.39, 0.29) is 175 Å². The van der Waals surface area contributed by atoms with Crippen LogP contribution in [0.5, 0.6) is 0 Å². The fourth-order valence-electron chi connectivity index (χ4n) is 9.92. The van der Waals surface area contributed by atoms with Crippen LogP contribution in [0.3, 0.4) is 0 Å². The molecule has 0 bridgehead atoms. The maximum Gasteiger partial charge on any atom is 0.305 e. The predicted molar refractivity (Wildman–Crippen MR) is 384 cm³/mol. The van der Waals surface area contributed by atoms with Crippen molar-refractivity contribution in [2.24, 2.45) is 0 Å². The first-order valence-corrected chi connectivity index (χ1v) is 35.5. The first kappa shape index (κ1) is 84.2. The summed E-state index contributed by atoms with van der Waals surface area (Å²) < 4.78 is 36.7. The van der Waals surface area contributed by atoms with Gasteiger partial charge in [-0.25, -0.2) is 19.3 Å².